The van der Waals surface area contributed by atoms with Crippen molar-refractivity contribution in [3.05, 3.63) is 94.0 Å². The van der Waals surface area contributed by atoms with E-state index in [4.69, 9.17) is 32.7 Å². The molecular formula is C36H40Cl2N8O6. The summed E-state index contributed by atoms with van der Waals surface area (Å²) < 4.78 is 13.8. The van der Waals surface area contributed by atoms with E-state index in [0.29, 0.717) is 32.4 Å². The van der Waals surface area contributed by atoms with Crippen LogP contribution in [0.15, 0.2) is 67.1 Å². The van der Waals surface area contributed by atoms with Gasteiger partial charge in [-0.3, -0.25) is 14.3 Å². The summed E-state index contributed by atoms with van der Waals surface area (Å²) in [5.74, 6) is -1.35. The zero-order valence-electron chi connectivity index (χ0n) is 29.2. The SMILES string of the molecule is CC(C(=O)NCc1cn(CCNC(=O)CCC(NC(=O)OC(C)(C)C)C(=O)OCc2ccccc2)nn1)n1cc(C#N)c(-c2cccc(Cl)c2Cl)c1. The highest BCUT2D eigenvalue weighted by molar-refractivity contribution is 6.43. The average Bonchev–Trinajstić information content (AvgIpc) is 3.75. The lowest BCUT2D eigenvalue weighted by atomic mass is 10.1. The van der Waals surface area contributed by atoms with Crippen molar-refractivity contribution in [2.75, 3.05) is 6.54 Å². The van der Waals surface area contributed by atoms with Gasteiger partial charge in [0.15, 0.2) is 0 Å². The second-order valence-corrected chi connectivity index (χ2v) is 13.6. The summed E-state index contributed by atoms with van der Waals surface area (Å²) in [7, 11) is 0. The predicted octanol–water partition coefficient (Wildman–Crippen LogP) is 5.34. The number of amides is 3. The maximum Gasteiger partial charge on any atom is 0.408 e. The minimum absolute atomic E-state index is 0.0126. The Hall–Kier alpha value is -5.39. The van der Waals surface area contributed by atoms with Crippen molar-refractivity contribution in [3.63, 3.8) is 0 Å². The Bertz CT molecular complexity index is 1920. The van der Waals surface area contributed by atoms with Gasteiger partial charge in [-0.25, -0.2) is 9.59 Å². The van der Waals surface area contributed by atoms with Crippen LogP contribution in [0.25, 0.3) is 11.1 Å². The number of rotatable bonds is 15. The van der Waals surface area contributed by atoms with E-state index in [2.05, 4.69) is 32.3 Å². The molecule has 0 radical (unpaired) electrons. The fraction of sp³-hybridized carbons (Fsp3) is 0.361. The molecule has 2 heterocycles. The molecule has 2 aromatic carbocycles. The highest BCUT2D eigenvalue weighted by atomic mass is 35.5. The highest BCUT2D eigenvalue weighted by Crippen LogP contribution is 2.36. The van der Waals surface area contributed by atoms with Gasteiger partial charge in [0, 0.05) is 36.5 Å². The van der Waals surface area contributed by atoms with Gasteiger partial charge in [0.2, 0.25) is 11.8 Å². The molecule has 16 heteroatoms. The van der Waals surface area contributed by atoms with Crippen LogP contribution in [0, 0.1) is 11.3 Å². The molecule has 0 saturated carbocycles. The number of nitrogens with one attached hydrogen (secondary N) is 3. The van der Waals surface area contributed by atoms with Gasteiger partial charge >= 0.3 is 12.1 Å². The lowest BCUT2D eigenvalue weighted by Crippen LogP contribution is -2.44. The van der Waals surface area contributed by atoms with Gasteiger partial charge in [-0.05, 0) is 45.7 Å². The van der Waals surface area contributed by atoms with Crippen molar-refractivity contribution in [2.24, 2.45) is 0 Å². The van der Waals surface area contributed by atoms with Crippen molar-refractivity contribution in [2.45, 2.75) is 77.9 Å². The van der Waals surface area contributed by atoms with Crippen LogP contribution in [-0.2, 0) is 43.6 Å². The zero-order valence-corrected chi connectivity index (χ0v) is 30.7. The third-order valence-corrected chi connectivity index (χ3v) is 8.41. The van der Waals surface area contributed by atoms with E-state index in [0.717, 1.165) is 5.56 Å². The number of carbonyl (C=O) groups excluding carboxylic acids is 4. The molecule has 4 aromatic rings. The zero-order chi connectivity index (χ0) is 37.8. The number of halogens is 2. The number of hydrogen-bond donors (Lipinski definition) is 3. The van der Waals surface area contributed by atoms with Gasteiger partial charge in [-0.15, -0.1) is 5.10 Å². The van der Waals surface area contributed by atoms with Gasteiger partial charge < -0.3 is 30.0 Å². The Morgan fingerprint density at radius 3 is 2.44 bits per heavy atom. The predicted molar refractivity (Wildman–Crippen MR) is 193 cm³/mol. The smallest absolute Gasteiger partial charge is 0.408 e. The molecule has 0 bridgehead atoms. The molecule has 274 valence electrons. The van der Waals surface area contributed by atoms with E-state index < -0.39 is 29.7 Å². The minimum atomic E-state index is -1.10. The van der Waals surface area contributed by atoms with Gasteiger partial charge in [-0.1, -0.05) is 70.9 Å². The third-order valence-electron chi connectivity index (χ3n) is 7.59. The number of alkyl carbamates (subject to hydrolysis) is 1. The summed E-state index contributed by atoms with van der Waals surface area (Å²) in [4.78, 5) is 50.9. The van der Waals surface area contributed by atoms with E-state index in [1.807, 2.05) is 18.2 Å². The van der Waals surface area contributed by atoms with Crippen molar-refractivity contribution < 1.29 is 28.7 Å². The molecule has 0 spiro atoms. The topological polar surface area (TPSA) is 182 Å². The fourth-order valence-electron chi connectivity index (χ4n) is 4.90. The van der Waals surface area contributed by atoms with Gasteiger partial charge in [0.05, 0.1) is 34.9 Å². The average molecular weight is 752 g/mol. The fourth-order valence-corrected chi connectivity index (χ4v) is 5.31. The molecular weight excluding hydrogens is 711 g/mol. The van der Waals surface area contributed by atoms with Crippen molar-refractivity contribution in [3.8, 4) is 17.2 Å². The first-order valence-corrected chi connectivity index (χ1v) is 17.2. The summed E-state index contributed by atoms with van der Waals surface area (Å²) in [6, 6.07) is 14.6. The van der Waals surface area contributed by atoms with Crippen LogP contribution in [-0.4, -0.2) is 61.6 Å². The third kappa shape index (κ3) is 11.6. The number of nitriles is 1. The monoisotopic (exact) mass is 750 g/mol. The maximum atomic E-state index is 13.0. The number of ether oxygens (including phenoxy) is 2. The molecule has 52 heavy (non-hydrogen) atoms. The van der Waals surface area contributed by atoms with E-state index in [1.54, 1.807) is 81.2 Å². The first kappa shape index (κ1) is 39.4. The van der Waals surface area contributed by atoms with E-state index in [1.165, 1.54) is 4.68 Å². The normalized spacial score (nSPS) is 12.2. The molecule has 3 N–H and O–H groups in total. The van der Waals surface area contributed by atoms with E-state index >= 15 is 0 Å². The number of nitrogens with zero attached hydrogens (tertiary/aromatic N) is 5. The van der Waals surface area contributed by atoms with Gasteiger partial charge in [0.25, 0.3) is 0 Å². The van der Waals surface area contributed by atoms with Crippen LogP contribution < -0.4 is 16.0 Å². The van der Waals surface area contributed by atoms with Gasteiger partial charge in [-0.2, -0.15) is 5.26 Å². The Balaban J connectivity index is 1.23. The van der Waals surface area contributed by atoms with Crippen LogP contribution >= 0.6 is 23.2 Å². The molecule has 2 atom stereocenters. The van der Waals surface area contributed by atoms with Crippen LogP contribution in [0.5, 0.6) is 0 Å². The minimum Gasteiger partial charge on any atom is -0.459 e. The summed E-state index contributed by atoms with van der Waals surface area (Å²) in [6.45, 7) is 7.41. The molecule has 0 saturated heterocycles. The Morgan fingerprint density at radius 1 is 0.981 bits per heavy atom. The lowest BCUT2D eigenvalue weighted by molar-refractivity contribution is -0.147. The van der Waals surface area contributed by atoms with E-state index in [9.17, 15) is 24.4 Å². The van der Waals surface area contributed by atoms with E-state index in [-0.39, 0.29) is 50.9 Å². The number of carbonyl (C=O) groups is 4. The first-order valence-electron chi connectivity index (χ1n) is 16.4. The van der Waals surface area contributed by atoms with Crippen LogP contribution in [0.2, 0.25) is 10.0 Å². The Morgan fingerprint density at radius 2 is 1.73 bits per heavy atom. The number of aromatic nitrogens is 4. The summed E-state index contributed by atoms with van der Waals surface area (Å²) in [5.41, 5.74) is 1.98. The van der Waals surface area contributed by atoms with Crippen LogP contribution in [0.4, 0.5) is 4.79 Å². The number of hydrogen-bond acceptors (Lipinski definition) is 9. The largest absolute Gasteiger partial charge is 0.459 e. The van der Waals surface area contributed by atoms with Crippen molar-refractivity contribution in [1.82, 2.24) is 35.5 Å². The number of benzene rings is 2. The van der Waals surface area contributed by atoms with Crippen LogP contribution in [0.3, 0.4) is 0 Å². The quantitative estimate of drug-likeness (QED) is 0.135. The van der Waals surface area contributed by atoms with Gasteiger partial charge in [0.1, 0.15) is 36.1 Å². The Labute approximate surface area is 311 Å². The second kappa shape index (κ2) is 18.2. The second-order valence-electron chi connectivity index (χ2n) is 12.8. The summed E-state index contributed by atoms with van der Waals surface area (Å²) in [6.07, 6.45) is 4.02. The lowest BCUT2D eigenvalue weighted by Gasteiger charge is -2.23. The highest BCUT2D eigenvalue weighted by Gasteiger charge is 2.26. The maximum absolute atomic E-state index is 13.0. The molecule has 0 fully saturated rings. The molecule has 3 amide bonds. The molecule has 4 rings (SSSR count). The molecule has 0 aliphatic rings. The molecule has 0 aliphatic carbocycles. The summed E-state index contributed by atoms with van der Waals surface area (Å²) in [5, 5.41) is 26.6. The molecule has 14 nitrogen and oxygen atoms in total. The van der Waals surface area contributed by atoms with Crippen molar-refractivity contribution >= 4 is 47.1 Å². The van der Waals surface area contributed by atoms with Crippen molar-refractivity contribution in [1.29, 1.82) is 5.26 Å². The van der Waals surface area contributed by atoms with Crippen LogP contribution in [0.1, 0.15) is 63.4 Å². The molecule has 2 unspecified atom stereocenters. The molecule has 0 aliphatic heterocycles. The first-order chi connectivity index (χ1) is 24.7. The standard InChI is InChI=1S/C36H40Cl2N8O6/c1-23(45-19-25(17-39)28(21-45)27-11-8-12-29(37)32(27)38)33(48)41-18-26-20-46(44-43-26)16-15-40-31(47)14-13-30(42-35(50)52-36(2,3)4)34(49)51-22-24-9-6-5-7-10-24/h5-12,19-21,23,30H,13-16,18,22H2,1-4H3,(H,40,47)(H,41,48)(H,42,50). The molecule has 2 aromatic heterocycles. The Kier molecular flexibility index (Phi) is 13.8. The number of esters is 1. The summed E-state index contributed by atoms with van der Waals surface area (Å²) >= 11 is 12.5.